The highest BCUT2D eigenvalue weighted by atomic mass is 16.6. The summed E-state index contributed by atoms with van der Waals surface area (Å²) in [7, 11) is 0. The van der Waals surface area contributed by atoms with Crippen molar-refractivity contribution in [3.8, 4) is 0 Å². The molecule has 0 aliphatic heterocycles. The predicted molar refractivity (Wildman–Crippen MR) is 279 cm³/mol. The largest absolute Gasteiger partial charge is 0.462 e. The number of hydrogen-bond acceptors (Lipinski definition) is 6. The van der Waals surface area contributed by atoms with Crippen LogP contribution in [0, 0.1) is 0 Å². The summed E-state index contributed by atoms with van der Waals surface area (Å²) >= 11 is 0. The van der Waals surface area contributed by atoms with Gasteiger partial charge in [0.25, 0.3) is 0 Å². The van der Waals surface area contributed by atoms with Crippen LogP contribution in [0.25, 0.3) is 0 Å². The molecule has 0 saturated heterocycles. The lowest BCUT2D eigenvalue weighted by molar-refractivity contribution is -0.167. The lowest BCUT2D eigenvalue weighted by atomic mass is 10.1. The van der Waals surface area contributed by atoms with Crippen LogP contribution in [0.5, 0.6) is 0 Å². The Balaban J connectivity index is 4.37. The van der Waals surface area contributed by atoms with E-state index in [1.807, 2.05) is 0 Å². The Morgan fingerprint density at radius 2 is 0.554 bits per heavy atom. The molecule has 0 spiro atoms. The number of rotatable bonds is 49. The van der Waals surface area contributed by atoms with Gasteiger partial charge in [0.15, 0.2) is 6.10 Å². The van der Waals surface area contributed by atoms with Gasteiger partial charge in [-0.3, -0.25) is 14.4 Å². The van der Waals surface area contributed by atoms with Crippen LogP contribution in [-0.2, 0) is 28.6 Å². The zero-order valence-electron chi connectivity index (χ0n) is 42.7. The molecule has 0 aromatic carbocycles. The number of carbonyl (C=O) groups is 3. The predicted octanol–water partition coefficient (Wildman–Crippen LogP) is 18.2. The Morgan fingerprint density at radius 1 is 0.308 bits per heavy atom. The number of esters is 3. The molecule has 0 aliphatic carbocycles. The van der Waals surface area contributed by atoms with E-state index in [9.17, 15) is 14.4 Å². The van der Waals surface area contributed by atoms with Crippen molar-refractivity contribution in [1.29, 1.82) is 0 Å². The van der Waals surface area contributed by atoms with Crippen LogP contribution in [0.15, 0.2) is 72.9 Å². The summed E-state index contributed by atoms with van der Waals surface area (Å²) in [6.07, 6.45) is 67.4. The van der Waals surface area contributed by atoms with Gasteiger partial charge in [-0.2, -0.15) is 0 Å². The van der Waals surface area contributed by atoms with Gasteiger partial charge in [0.2, 0.25) is 0 Å². The van der Waals surface area contributed by atoms with Crippen molar-refractivity contribution in [2.24, 2.45) is 0 Å². The Hall–Kier alpha value is -3.15. The van der Waals surface area contributed by atoms with Crippen molar-refractivity contribution in [2.75, 3.05) is 13.2 Å². The number of unbranched alkanes of at least 4 members (excludes halogenated alkanes) is 30. The van der Waals surface area contributed by atoms with Crippen molar-refractivity contribution < 1.29 is 28.6 Å². The van der Waals surface area contributed by atoms with Crippen molar-refractivity contribution in [2.45, 2.75) is 271 Å². The van der Waals surface area contributed by atoms with E-state index in [0.29, 0.717) is 19.3 Å². The van der Waals surface area contributed by atoms with Gasteiger partial charge in [-0.05, 0) is 70.6 Å². The number of carbonyl (C=O) groups excluding carboxylic acids is 3. The van der Waals surface area contributed by atoms with E-state index in [0.717, 1.165) is 83.5 Å². The highest BCUT2D eigenvalue weighted by Gasteiger charge is 2.19. The van der Waals surface area contributed by atoms with Gasteiger partial charge in [0.05, 0.1) is 0 Å². The minimum atomic E-state index is -0.787. The maximum Gasteiger partial charge on any atom is 0.306 e. The molecule has 1 atom stereocenters. The lowest BCUT2D eigenvalue weighted by Crippen LogP contribution is -2.30. The molecule has 1 unspecified atom stereocenters. The third kappa shape index (κ3) is 51.7. The summed E-state index contributed by atoms with van der Waals surface area (Å²) in [5.41, 5.74) is 0. The monoisotopic (exact) mass is 907 g/mol. The van der Waals surface area contributed by atoms with Crippen molar-refractivity contribution in [3.63, 3.8) is 0 Å². The zero-order valence-corrected chi connectivity index (χ0v) is 42.7. The van der Waals surface area contributed by atoms with Crippen molar-refractivity contribution in [1.82, 2.24) is 0 Å². The summed E-state index contributed by atoms with van der Waals surface area (Å²) in [5, 5.41) is 0. The van der Waals surface area contributed by atoms with Gasteiger partial charge >= 0.3 is 17.9 Å². The molecule has 0 aliphatic rings. The van der Waals surface area contributed by atoms with Gasteiger partial charge < -0.3 is 14.2 Å². The molecule has 0 radical (unpaired) electrons. The lowest BCUT2D eigenvalue weighted by Gasteiger charge is -2.18. The van der Waals surface area contributed by atoms with E-state index in [-0.39, 0.29) is 31.1 Å². The van der Waals surface area contributed by atoms with Crippen LogP contribution in [0.3, 0.4) is 0 Å². The first kappa shape index (κ1) is 61.9. The maximum absolute atomic E-state index is 12.8. The van der Waals surface area contributed by atoms with Crippen LogP contribution in [0.2, 0.25) is 0 Å². The molecule has 0 fully saturated rings. The van der Waals surface area contributed by atoms with Crippen LogP contribution in [0.4, 0.5) is 0 Å². The molecule has 0 aromatic rings. The number of hydrogen-bond donors (Lipinski definition) is 0. The average molecular weight is 907 g/mol. The highest BCUT2D eigenvalue weighted by molar-refractivity contribution is 5.71. The van der Waals surface area contributed by atoms with E-state index in [1.54, 1.807) is 0 Å². The molecule has 65 heavy (non-hydrogen) atoms. The molecule has 6 nitrogen and oxygen atoms in total. The van der Waals surface area contributed by atoms with E-state index < -0.39 is 6.10 Å². The summed E-state index contributed by atoms with van der Waals surface area (Å²) in [5.74, 6) is -0.907. The molecule has 0 saturated carbocycles. The summed E-state index contributed by atoms with van der Waals surface area (Å²) in [4.78, 5) is 38.0. The van der Waals surface area contributed by atoms with Gasteiger partial charge in [-0.25, -0.2) is 0 Å². The molecule has 374 valence electrons. The van der Waals surface area contributed by atoms with Crippen molar-refractivity contribution in [3.05, 3.63) is 72.9 Å². The topological polar surface area (TPSA) is 78.9 Å². The molecular weight excluding hydrogens is 805 g/mol. The fourth-order valence-electron chi connectivity index (χ4n) is 7.62. The Labute approximate surface area is 402 Å². The Kier molecular flexibility index (Phi) is 50.9. The third-order valence-corrected chi connectivity index (χ3v) is 11.8. The molecular formula is C59H102O6. The van der Waals surface area contributed by atoms with Crippen LogP contribution in [-0.4, -0.2) is 37.2 Å². The minimum absolute atomic E-state index is 0.0846. The zero-order chi connectivity index (χ0) is 47.2. The van der Waals surface area contributed by atoms with Gasteiger partial charge in [-0.1, -0.05) is 248 Å². The molecule has 0 aromatic heterocycles. The average Bonchev–Trinajstić information content (AvgIpc) is 3.30. The Morgan fingerprint density at radius 3 is 0.908 bits per heavy atom. The minimum Gasteiger partial charge on any atom is -0.462 e. The fraction of sp³-hybridized carbons (Fsp3) is 0.746. The third-order valence-electron chi connectivity index (χ3n) is 11.8. The molecule has 0 N–H and O–H groups in total. The van der Waals surface area contributed by atoms with Gasteiger partial charge in [0.1, 0.15) is 13.2 Å². The molecule has 0 bridgehead atoms. The second-order valence-electron chi connectivity index (χ2n) is 18.3. The SMILES string of the molecule is CCCCC\C=C/C=C\C=C/C=C\CCCCCCCC(=O)OC(COC(=O)CCCCCCCCCCCC)COC(=O)CCCCCCCCCCCC/C=C\C=C/CCCCC. The van der Waals surface area contributed by atoms with E-state index >= 15 is 0 Å². The first-order chi connectivity index (χ1) is 32.0. The number of ether oxygens (including phenoxy) is 3. The smallest absolute Gasteiger partial charge is 0.306 e. The number of allylic oxidation sites excluding steroid dienone is 12. The van der Waals surface area contributed by atoms with Gasteiger partial charge in [-0.15, -0.1) is 0 Å². The summed E-state index contributed by atoms with van der Waals surface area (Å²) < 4.78 is 16.8. The molecule has 6 heteroatoms. The second kappa shape index (κ2) is 53.5. The molecule has 0 amide bonds. The standard InChI is InChI=1S/C59H102O6/c1-4-7-10-13-16-19-22-24-26-28-30-32-33-35-37-40-43-46-49-52-58(61)64-55-56(54-63-57(60)51-48-45-42-39-21-18-15-12-9-6-3)65-59(62)53-50-47-44-41-38-36-34-31-29-27-25-23-20-17-14-11-8-5-2/h16-17,19-20,22-25,27,29,31,34,56H,4-15,18,21,26,28,30,32-33,35-55H2,1-3H3/b19-16-,20-17-,24-22-,25-23-,29-27-,34-31-. The van der Waals surface area contributed by atoms with Crippen LogP contribution >= 0.6 is 0 Å². The fourth-order valence-corrected chi connectivity index (χ4v) is 7.62. The summed E-state index contributed by atoms with van der Waals surface area (Å²) in [6.45, 7) is 6.55. The summed E-state index contributed by atoms with van der Waals surface area (Å²) in [6, 6.07) is 0. The second-order valence-corrected chi connectivity index (χ2v) is 18.3. The van der Waals surface area contributed by atoms with E-state index in [2.05, 4.69) is 93.7 Å². The van der Waals surface area contributed by atoms with E-state index in [4.69, 9.17) is 14.2 Å². The van der Waals surface area contributed by atoms with Crippen LogP contribution < -0.4 is 0 Å². The first-order valence-corrected chi connectivity index (χ1v) is 27.5. The maximum atomic E-state index is 12.8. The van der Waals surface area contributed by atoms with Crippen LogP contribution in [0.1, 0.15) is 265 Å². The van der Waals surface area contributed by atoms with Crippen molar-refractivity contribution >= 4 is 17.9 Å². The molecule has 0 heterocycles. The highest BCUT2D eigenvalue weighted by Crippen LogP contribution is 2.15. The van der Waals surface area contributed by atoms with E-state index in [1.165, 1.54) is 141 Å². The quantitative estimate of drug-likeness (QED) is 0.0262. The first-order valence-electron chi connectivity index (χ1n) is 27.5. The van der Waals surface area contributed by atoms with Gasteiger partial charge in [0, 0.05) is 19.3 Å². The molecule has 0 rings (SSSR count). The Bertz CT molecular complexity index is 1230. The normalized spacial score (nSPS) is 12.6.